The second-order valence-corrected chi connectivity index (χ2v) is 8.14. The Balaban J connectivity index is 1.60. The summed E-state index contributed by atoms with van der Waals surface area (Å²) in [6.07, 6.45) is 0. The number of halogens is 1. The molecule has 0 spiro atoms. The summed E-state index contributed by atoms with van der Waals surface area (Å²) in [5.41, 5.74) is 2.57. The fourth-order valence-electron chi connectivity index (χ4n) is 2.81. The average molecular weight is 418 g/mol. The SMILES string of the molecule is CCn1c(SCc2cc(=O)n3c(C)csc3n2)nnc1-c1ccc(Cl)cc1. The molecule has 27 heavy (non-hydrogen) atoms. The minimum Gasteiger partial charge on any atom is -0.302 e. The maximum atomic E-state index is 12.3. The van der Waals surface area contributed by atoms with Gasteiger partial charge in [0.1, 0.15) is 0 Å². The number of benzene rings is 1. The van der Waals surface area contributed by atoms with Crippen molar-refractivity contribution in [3.63, 3.8) is 0 Å². The van der Waals surface area contributed by atoms with Gasteiger partial charge in [-0.15, -0.1) is 21.5 Å². The third kappa shape index (κ3) is 3.52. The first kappa shape index (κ1) is 18.2. The summed E-state index contributed by atoms with van der Waals surface area (Å²) >= 11 is 8.97. The van der Waals surface area contributed by atoms with Crippen LogP contribution in [0, 0.1) is 6.92 Å². The van der Waals surface area contributed by atoms with Gasteiger partial charge < -0.3 is 4.57 Å². The summed E-state index contributed by atoms with van der Waals surface area (Å²) in [7, 11) is 0. The number of nitrogens with zero attached hydrogens (tertiary/aromatic N) is 5. The molecule has 9 heteroatoms. The standard InChI is InChI=1S/C18H16ClN5OS2/c1-3-23-16(12-4-6-13(19)7-5-12)21-22-18(23)27-10-14-8-15(25)24-11(2)9-26-17(24)20-14/h4-9H,3,10H2,1-2H3. The molecule has 0 radical (unpaired) electrons. The Bertz CT molecular complexity index is 1160. The van der Waals surface area contributed by atoms with E-state index in [1.165, 1.54) is 23.1 Å². The van der Waals surface area contributed by atoms with E-state index in [1.807, 2.05) is 36.6 Å². The zero-order valence-corrected chi connectivity index (χ0v) is 17.1. The molecule has 3 heterocycles. The van der Waals surface area contributed by atoms with Gasteiger partial charge >= 0.3 is 0 Å². The van der Waals surface area contributed by atoms with Crippen LogP contribution in [0.3, 0.4) is 0 Å². The molecule has 0 unspecified atom stereocenters. The van der Waals surface area contributed by atoms with Crippen molar-refractivity contribution in [1.29, 1.82) is 0 Å². The van der Waals surface area contributed by atoms with Crippen LogP contribution >= 0.6 is 34.7 Å². The highest BCUT2D eigenvalue weighted by molar-refractivity contribution is 7.98. The Hall–Kier alpha value is -2.16. The molecule has 0 saturated heterocycles. The van der Waals surface area contributed by atoms with E-state index < -0.39 is 0 Å². The van der Waals surface area contributed by atoms with Crippen LogP contribution in [-0.2, 0) is 12.3 Å². The molecule has 6 nitrogen and oxygen atoms in total. The molecule has 0 aliphatic carbocycles. The van der Waals surface area contributed by atoms with Gasteiger partial charge in [-0.3, -0.25) is 9.20 Å². The first-order chi connectivity index (χ1) is 13.1. The average Bonchev–Trinajstić information content (AvgIpc) is 3.24. The van der Waals surface area contributed by atoms with Crippen molar-refractivity contribution >= 4 is 39.7 Å². The van der Waals surface area contributed by atoms with E-state index in [0.717, 1.165) is 39.4 Å². The highest BCUT2D eigenvalue weighted by Gasteiger charge is 2.14. The Morgan fingerprint density at radius 2 is 2.00 bits per heavy atom. The van der Waals surface area contributed by atoms with Crippen LogP contribution in [0.15, 0.2) is 45.7 Å². The number of thiazole rings is 1. The number of hydrogen-bond donors (Lipinski definition) is 0. The maximum Gasteiger partial charge on any atom is 0.258 e. The quantitative estimate of drug-likeness (QED) is 0.453. The predicted molar refractivity (Wildman–Crippen MR) is 110 cm³/mol. The lowest BCUT2D eigenvalue weighted by Crippen LogP contribution is -2.14. The van der Waals surface area contributed by atoms with Gasteiger partial charge in [0.05, 0.1) is 5.69 Å². The van der Waals surface area contributed by atoms with Crippen LogP contribution in [0.2, 0.25) is 5.02 Å². The summed E-state index contributed by atoms with van der Waals surface area (Å²) in [6, 6.07) is 9.14. The fourth-order valence-corrected chi connectivity index (χ4v) is 4.72. The Morgan fingerprint density at radius 1 is 1.22 bits per heavy atom. The smallest absolute Gasteiger partial charge is 0.258 e. The van der Waals surface area contributed by atoms with Gasteiger partial charge in [0.15, 0.2) is 15.9 Å². The van der Waals surface area contributed by atoms with Crippen LogP contribution in [0.1, 0.15) is 18.3 Å². The third-order valence-electron chi connectivity index (χ3n) is 4.11. The molecule has 0 aliphatic heterocycles. The Morgan fingerprint density at radius 3 is 2.74 bits per heavy atom. The van der Waals surface area contributed by atoms with Crippen LogP contribution in [0.4, 0.5) is 0 Å². The maximum absolute atomic E-state index is 12.3. The number of fused-ring (bicyclic) bond motifs is 1. The Kier molecular flexibility index (Phi) is 5.03. The summed E-state index contributed by atoms with van der Waals surface area (Å²) in [6.45, 7) is 4.70. The summed E-state index contributed by atoms with van der Waals surface area (Å²) < 4.78 is 3.68. The predicted octanol–water partition coefficient (Wildman–Crippen LogP) is 4.29. The molecule has 0 amide bonds. The van der Waals surface area contributed by atoms with Crippen LogP contribution < -0.4 is 5.56 Å². The first-order valence-electron chi connectivity index (χ1n) is 8.35. The second kappa shape index (κ2) is 7.46. The first-order valence-corrected chi connectivity index (χ1v) is 10.6. The van der Waals surface area contributed by atoms with Crippen molar-refractivity contribution in [2.45, 2.75) is 31.3 Å². The van der Waals surface area contributed by atoms with Gasteiger partial charge in [0.25, 0.3) is 5.56 Å². The van der Waals surface area contributed by atoms with E-state index in [-0.39, 0.29) is 5.56 Å². The molecular weight excluding hydrogens is 402 g/mol. The second-order valence-electron chi connectivity index (χ2n) is 5.93. The number of aromatic nitrogens is 5. The van der Waals surface area contributed by atoms with E-state index in [9.17, 15) is 4.79 Å². The van der Waals surface area contributed by atoms with E-state index in [1.54, 1.807) is 10.5 Å². The zero-order chi connectivity index (χ0) is 19.0. The largest absolute Gasteiger partial charge is 0.302 e. The normalized spacial score (nSPS) is 11.4. The lowest BCUT2D eigenvalue weighted by Gasteiger charge is -2.07. The van der Waals surface area contributed by atoms with Crippen molar-refractivity contribution in [3.8, 4) is 11.4 Å². The molecule has 4 rings (SSSR count). The number of hydrogen-bond acceptors (Lipinski definition) is 6. The van der Waals surface area contributed by atoms with E-state index in [4.69, 9.17) is 11.6 Å². The highest BCUT2D eigenvalue weighted by atomic mass is 35.5. The fraction of sp³-hybridized carbons (Fsp3) is 0.222. The molecule has 0 fully saturated rings. The van der Waals surface area contributed by atoms with Crippen molar-refractivity contribution in [2.75, 3.05) is 0 Å². The van der Waals surface area contributed by atoms with Gasteiger partial charge in [0.2, 0.25) is 0 Å². The van der Waals surface area contributed by atoms with E-state index >= 15 is 0 Å². The molecule has 138 valence electrons. The number of rotatable bonds is 5. The van der Waals surface area contributed by atoms with E-state index in [0.29, 0.717) is 10.8 Å². The molecule has 0 saturated carbocycles. The van der Waals surface area contributed by atoms with E-state index in [2.05, 4.69) is 26.7 Å². The number of thioether (sulfide) groups is 1. The van der Waals surface area contributed by atoms with Crippen LogP contribution in [0.5, 0.6) is 0 Å². The Labute approximate surface area is 168 Å². The van der Waals surface area contributed by atoms with Gasteiger partial charge in [-0.05, 0) is 38.1 Å². The van der Waals surface area contributed by atoms with Gasteiger partial charge in [-0.2, -0.15) is 0 Å². The van der Waals surface area contributed by atoms with Crippen LogP contribution in [0.25, 0.3) is 16.3 Å². The lowest BCUT2D eigenvalue weighted by atomic mass is 10.2. The van der Waals surface area contributed by atoms with Gasteiger partial charge in [0, 0.05) is 40.0 Å². The third-order valence-corrected chi connectivity index (χ3v) is 6.31. The van der Waals surface area contributed by atoms with Crippen molar-refractivity contribution < 1.29 is 0 Å². The zero-order valence-electron chi connectivity index (χ0n) is 14.7. The van der Waals surface area contributed by atoms with Gasteiger partial charge in [-0.25, -0.2) is 4.98 Å². The van der Waals surface area contributed by atoms with Gasteiger partial charge in [-0.1, -0.05) is 23.4 Å². The minimum atomic E-state index is -0.0480. The van der Waals surface area contributed by atoms with Crippen molar-refractivity contribution in [3.05, 3.63) is 62.5 Å². The summed E-state index contributed by atoms with van der Waals surface area (Å²) in [5.74, 6) is 1.36. The molecular formula is C18H16ClN5OS2. The topological polar surface area (TPSA) is 65.1 Å². The lowest BCUT2D eigenvalue weighted by molar-refractivity contribution is 0.687. The highest BCUT2D eigenvalue weighted by Crippen LogP contribution is 2.27. The minimum absolute atomic E-state index is 0.0480. The van der Waals surface area contributed by atoms with Crippen molar-refractivity contribution in [1.82, 2.24) is 24.1 Å². The molecule has 0 N–H and O–H groups in total. The molecule has 3 aromatic heterocycles. The molecule has 0 bridgehead atoms. The molecule has 4 aromatic rings. The summed E-state index contributed by atoms with van der Waals surface area (Å²) in [5, 5.41) is 12.1. The molecule has 0 aliphatic rings. The summed E-state index contributed by atoms with van der Waals surface area (Å²) in [4.78, 5) is 17.6. The van der Waals surface area contributed by atoms with Crippen molar-refractivity contribution in [2.24, 2.45) is 0 Å². The van der Waals surface area contributed by atoms with Crippen LogP contribution in [-0.4, -0.2) is 24.1 Å². The monoisotopic (exact) mass is 417 g/mol. The molecule has 0 atom stereocenters. The number of aryl methyl sites for hydroxylation is 1. The molecule has 1 aromatic carbocycles.